The highest BCUT2D eigenvalue weighted by atomic mass is 32.1. The van der Waals surface area contributed by atoms with Crippen LogP contribution in [0.4, 0.5) is 10.8 Å². The van der Waals surface area contributed by atoms with Gasteiger partial charge in [0.25, 0.3) is 5.91 Å². The van der Waals surface area contributed by atoms with Crippen molar-refractivity contribution in [2.24, 2.45) is 0 Å². The van der Waals surface area contributed by atoms with E-state index in [1.54, 1.807) is 17.5 Å². The van der Waals surface area contributed by atoms with Crippen LogP contribution in [0.3, 0.4) is 0 Å². The lowest BCUT2D eigenvalue weighted by Gasteiger charge is -2.12. The van der Waals surface area contributed by atoms with Crippen molar-refractivity contribution in [1.82, 2.24) is 10.3 Å². The first-order chi connectivity index (χ1) is 13.0. The van der Waals surface area contributed by atoms with Gasteiger partial charge in [0.2, 0.25) is 5.91 Å². The third-order valence-corrected chi connectivity index (χ3v) is 4.61. The molecule has 8 heteroatoms. The zero-order chi connectivity index (χ0) is 19.2. The summed E-state index contributed by atoms with van der Waals surface area (Å²) in [5.74, 6) is -0.280. The van der Waals surface area contributed by atoms with Gasteiger partial charge in [-0.25, -0.2) is 4.98 Å². The van der Waals surface area contributed by atoms with Crippen molar-refractivity contribution in [3.8, 4) is 0 Å². The fourth-order valence-corrected chi connectivity index (χ4v) is 3.06. The largest absolute Gasteiger partial charge is 0.459 e. The minimum absolute atomic E-state index is 0.124. The molecule has 0 spiro atoms. The summed E-state index contributed by atoms with van der Waals surface area (Å²) in [7, 11) is 3.96. The molecule has 27 heavy (non-hydrogen) atoms. The van der Waals surface area contributed by atoms with E-state index in [1.807, 2.05) is 43.3 Å². The van der Waals surface area contributed by atoms with Gasteiger partial charge >= 0.3 is 0 Å². The Morgan fingerprint density at radius 2 is 1.96 bits per heavy atom. The molecule has 3 aromatic rings. The van der Waals surface area contributed by atoms with Crippen molar-refractivity contribution in [1.29, 1.82) is 0 Å². The van der Waals surface area contributed by atoms with E-state index in [0.29, 0.717) is 17.4 Å². The number of nitrogens with one attached hydrogen (secondary N) is 2. The van der Waals surface area contributed by atoms with Crippen LogP contribution in [0.2, 0.25) is 0 Å². The Bertz CT molecular complexity index is 901. The average Bonchev–Trinajstić information content (AvgIpc) is 3.32. The van der Waals surface area contributed by atoms with E-state index in [4.69, 9.17) is 4.42 Å². The molecule has 0 radical (unpaired) electrons. The fraction of sp³-hybridized carbons (Fsp3) is 0.211. The van der Waals surface area contributed by atoms with Crippen LogP contribution in [0.25, 0.3) is 0 Å². The molecule has 0 bridgehead atoms. The maximum Gasteiger partial charge on any atom is 0.293 e. The van der Waals surface area contributed by atoms with Crippen LogP contribution in [0.1, 0.15) is 21.8 Å². The smallest absolute Gasteiger partial charge is 0.293 e. The lowest BCUT2D eigenvalue weighted by atomic mass is 10.2. The van der Waals surface area contributed by atoms with Crippen LogP contribution < -0.4 is 15.5 Å². The van der Waals surface area contributed by atoms with Crippen molar-refractivity contribution in [3.05, 3.63) is 65.1 Å². The van der Waals surface area contributed by atoms with E-state index < -0.39 is 0 Å². The van der Waals surface area contributed by atoms with E-state index in [2.05, 4.69) is 15.6 Å². The van der Waals surface area contributed by atoms with Crippen molar-refractivity contribution in [3.63, 3.8) is 0 Å². The molecule has 2 amide bonds. The number of rotatable bonds is 7. The number of carbonyl (C=O) groups excluding carboxylic acids is 2. The lowest BCUT2D eigenvalue weighted by Crippen LogP contribution is -2.24. The first kappa shape index (κ1) is 18.7. The second-order valence-corrected chi connectivity index (χ2v) is 6.95. The SMILES string of the molecule is CN(C)c1ccc(CNC(=O)Cc2csc(NC(=O)c3ccco3)n2)cc1. The minimum Gasteiger partial charge on any atom is -0.459 e. The maximum absolute atomic E-state index is 12.1. The number of hydrogen-bond donors (Lipinski definition) is 2. The standard InChI is InChI=1S/C19H20N4O3S/c1-23(2)15-7-5-13(6-8-15)11-20-17(24)10-14-12-27-19(21-14)22-18(25)16-4-3-9-26-16/h3-9,12H,10-11H2,1-2H3,(H,20,24)(H,21,22,25). The van der Waals surface area contributed by atoms with Gasteiger partial charge in [-0.15, -0.1) is 11.3 Å². The van der Waals surface area contributed by atoms with Crippen LogP contribution >= 0.6 is 11.3 Å². The molecule has 0 aliphatic carbocycles. The summed E-state index contributed by atoms with van der Waals surface area (Å²) >= 11 is 1.27. The molecule has 0 unspecified atom stereocenters. The lowest BCUT2D eigenvalue weighted by molar-refractivity contribution is -0.120. The van der Waals surface area contributed by atoms with Crippen LogP contribution in [0.5, 0.6) is 0 Å². The number of anilines is 2. The molecule has 0 atom stereocenters. The molecule has 0 aliphatic heterocycles. The third-order valence-electron chi connectivity index (χ3n) is 3.80. The van der Waals surface area contributed by atoms with Crippen molar-refractivity contribution < 1.29 is 14.0 Å². The number of aromatic nitrogens is 1. The fourth-order valence-electron chi connectivity index (χ4n) is 2.35. The van der Waals surface area contributed by atoms with Gasteiger partial charge in [-0.2, -0.15) is 0 Å². The molecule has 0 fully saturated rings. The monoisotopic (exact) mass is 384 g/mol. The Morgan fingerprint density at radius 3 is 2.63 bits per heavy atom. The summed E-state index contributed by atoms with van der Waals surface area (Å²) in [6, 6.07) is 11.2. The molecule has 0 saturated heterocycles. The predicted octanol–water partition coefficient (Wildman–Crippen LogP) is 2.91. The van der Waals surface area contributed by atoms with E-state index in [0.717, 1.165) is 11.3 Å². The van der Waals surface area contributed by atoms with E-state index in [1.165, 1.54) is 17.6 Å². The number of thiazole rings is 1. The highest BCUT2D eigenvalue weighted by Crippen LogP contribution is 2.17. The van der Waals surface area contributed by atoms with E-state index in [9.17, 15) is 9.59 Å². The topological polar surface area (TPSA) is 87.5 Å². The first-order valence-corrected chi connectivity index (χ1v) is 9.21. The van der Waals surface area contributed by atoms with Gasteiger partial charge in [-0.05, 0) is 29.8 Å². The van der Waals surface area contributed by atoms with E-state index in [-0.39, 0.29) is 24.0 Å². The summed E-state index contributed by atoms with van der Waals surface area (Å²) in [6.45, 7) is 0.457. The van der Waals surface area contributed by atoms with Crippen LogP contribution in [-0.4, -0.2) is 30.9 Å². The normalized spacial score (nSPS) is 10.4. The Hall–Kier alpha value is -3.13. The van der Waals surface area contributed by atoms with Crippen molar-refractivity contribution in [2.75, 3.05) is 24.3 Å². The summed E-state index contributed by atoms with van der Waals surface area (Å²) in [5, 5.41) is 7.71. The highest BCUT2D eigenvalue weighted by molar-refractivity contribution is 7.14. The maximum atomic E-state index is 12.1. The average molecular weight is 384 g/mol. The molecule has 2 heterocycles. The number of furan rings is 1. The molecule has 2 N–H and O–H groups in total. The second-order valence-electron chi connectivity index (χ2n) is 6.09. The minimum atomic E-state index is -0.369. The van der Waals surface area contributed by atoms with Crippen LogP contribution in [-0.2, 0) is 17.8 Å². The molecule has 2 aromatic heterocycles. The Kier molecular flexibility index (Phi) is 5.87. The van der Waals surface area contributed by atoms with Gasteiger partial charge in [0, 0.05) is 31.7 Å². The Morgan fingerprint density at radius 1 is 1.19 bits per heavy atom. The zero-order valence-corrected chi connectivity index (χ0v) is 15.9. The molecule has 0 aliphatic rings. The summed E-state index contributed by atoms with van der Waals surface area (Å²) < 4.78 is 5.03. The van der Waals surface area contributed by atoms with Gasteiger partial charge in [0.05, 0.1) is 18.4 Å². The summed E-state index contributed by atoms with van der Waals surface area (Å²) in [4.78, 5) is 30.3. The van der Waals surface area contributed by atoms with Crippen LogP contribution in [0.15, 0.2) is 52.5 Å². The van der Waals surface area contributed by atoms with Gasteiger partial charge in [0.1, 0.15) is 0 Å². The number of carbonyl (C=O) groups is 2. The number of nitrogens with zero attached hydrogens (tertiary/aromatic N) is 2. The number of benzene rings is 1. The highest BCUT2D eigenvalue weighted by Gasteiger charge is 2.12. The molecular formula is C19H20N4O3S. The van der Waals surface area contributed by atoms with Gasteiger partial charge in [-0.1, -0.05) is 12.1 Å². The molecule has 3 rings (SSSR count). The molecule has 0 saturated carbocycles. The predicted molar refractivity (Wildman–Crippen MR) is 105 cm³/mol. The van der Waals surface area contributed by atoms with E-state index >= 15 is 0 Å². The van der Waals surface area contributed by atoms with Gasteiger partial charge in [0.15, 0.2) is 10.9 Å². The molecular weight excluding hydrogens is 364 g/mol. The van der Waals surface area contributed by atoms with Crippen LogP contribution in [0, 0.1) is 0 Å². The quantitative estimate of drug-likeness (QED) is 0.654. The molecule has 1 aromatic carbocycles. The van der Waals surface area contributed by atoms with Gasteiger partial charge < -0.3 is 14.6 Å². The van der Waals surface area contributed by atoms with Gasteiger partial charge in [-0.3, -0.25) is 14.9 Å². The van der Waals surface area contributed by atoms with Crippen molar-refractivity contribution in [2.45, 2.75) is 13.0 Å². The summed E-state index contributed by atoms with van der Waals surface area (Å²) in [5.41, 5.74) is 2.74. The number of hydrogen-bond acceptors (Lipinski definition) is 6. The Balaban J connectivity index is 1.48. The van der Waals surface area contributed by atoms with Crippen molar-refractivity contribution >= 4 is 34.0 Å². The molecule has 7 nitrogen and oxygen atoms in total. The molecule has 140 valence electrons. The Labute approximate surface area is 161 Å². The number of amides is 2. The first-order valence-electron chi connectivity index (χ1n) is 8.33. The summed E-state index contributed by atoms with van der Waals surface area (Å²) in [6.07, 6.45) is 1.59. The third kappa shape index (κ3) is 5.18. The zero-order valence-electron chi connectivity index (χ0n) is 15.1. The second kappa shape index (κ2) is 8.50.